The first-order valence-electron chi connectivity index (χ1n) is 18.6. The number of nitriles is 1. The molecule has 0 fully saturated rings. The number of allylic oxidation sites excluding steroid dienone is 3. The second kappa shape index (κ2) is 16.1. The Morgan fingerprint density at radius 3 is 1.39 bits per heavy atom. The molecule has 1 aliphatic heterocycles. The SMILES string of the molecule is [C-]#[N+]C(C#N)=C1C=C(C=Cc2ccc(N(c3ccc(-c4ccccc4)cc3)c3ccc(-c4ccccc4)cc3)cc2)OC(c2ccccc2)(c2ccccc2)C1. The molecule has 7 aromatic rings. The Morgan fingerprint density at radius 1 is 0.554 bits per heavy atom. The van der Waals surface area contributed by atoms with E-state index in [9.17, 15) is 5.26 Å². The quantitative estimate of drug-likeness (QED) is 0.110. The van der Waals surface area contributed by atoms with E-state index in [0.717, 1.165) is 44.9 Å². The Balaban J connectivity index is 1.13. The van der Waals surface area contributed by atoms with Crippen LogP contribution in [0.1, 0.15) is 23.1 Å². The van der Waals surface area contributed by atoms with Gasteiger partial charge in [0.05, 0.1) is 12.6 Å². The molecule has 1 aliphatic rings. The maximum absolute atomic E-state index is 9.94. The van der Waals surface area contributed by atoms with Gasteiger partial charge in [0.15, 0.2) is 5.60 Å². The lowest BCUT2D eigenvalue weighted by Crippen LogP contribution is -2.34. The summed E-state index contributed by atoms with van der Waals surface area (Å²) in [4.78, 5) is 5.86. The molecule has 0 aliphatic carbocycles. The zero-order chi connectivity index (χ0) is 38.2. The molecule has 266 valence electrons. The third-order valence-corrected chi connectivity index (χ3v) is 10.1. The van der Waals surface area contributed by atoms with Crippen LogP contribution in [0.2, 0.25) is 0 Å². The van der Waals surface area contributed by atoms with Gasteiger partial charge in [-0.15, -0.1) is 0 Å². The van der Waals surface area contributed by atoms with Crippen LogP contribution in [0, 0.1) is 17.9 Å². The molecule has 0 spiro atoms. The smallest absolute Gasteiger partial charge is 0.265 e. The van der Waals surface area contributed by atoms with Gasteiger partial charge in [-0.2, -0.15) is 0 Å². The van der Waals surface area contributed by atoms with Gasteiger partial charge in [-0.05, 0) is 81.9 Å². The van der Waals surface area contributed by atoms with Crippen molar-refractivity contribution in [1.29, 1.82) is 5.26 Å². The van der Waals surface area contributed by atoms with Crippen LogP contribution in [-0.2, 0) is 10.3 Å². The van der Waals surface area contributed by atoms with Crippen LogP contribution in [0.3, 0.4) is 0 Å². The van der Waals surface area contributed by atoms with Gasteiger partial charge in [0.1, 0.15) is 5.76 Å². The summed E-state index contributed by atoms with van der Waals surface area (Å²) < 4.78 is 6.92. The number of nitrogens with zero attached hydrogens (tertiary/aromatic N) is 3. The summed E-state index contributed by atoms with van der Waals surface area (Å²) in [5.41, 5.74) is 10.4. The van der Waals surface area contributed by atoms with Crippen molar-refractivity contribution >= 4 is 23.1 Å². The normalized spacial score (nSPS) is 14.1. The maximum atomic E-state index is 9.94. The maximum Gasteiger partial charge on any atom is 0.265 e. The van der Waals surface area contributed by atoms with Crippen molar-refractivity contribution in [3.63, 3.8) is 0 Å². The van der Waals surface area contributed by atoms with E-state index < -0.39 is 5.60 Å². The van der Waals surface area contributed by atoms with E-state index >= 15 is 0 Å². The number of hydrogen-bond acceptors (Lipinski definition) is 3. The molecular formula is C52H37N3O. The van der Waals surface area contributed by atoms with Gasteiger partial charge in [-0.25, -0.2) is 10.1 Å². The van der Waals surface area contributed by atoms with E-state index in [1.54, 1.807) is 0 Å². The predicted molar refractivity (Wildman–Crippen MR) is 228 cm³/mol. The molecule has 0 atom stereocenters. The summed E-state index contributed by atoms with van der Waals surface area (Å²) in [6.45, 7) is 7.77. The highest BCUT2D eigenvalue weighted by atomic mass is 16.5. The van der Waals surface area contributed by atoms with Crippen LogP contribution in [0.5, 0.6) is 0 Å². The lowest BCUT2D eigenvalue weighted by molar-refractivity contribution is 0.0348. The van der Waals surface area contributed by atoms with Crippen LogP contribution in [-0.4, -0.2) is 0 Å². The molecule has 56 heavy (non-hydrogen) atoms. The molecule has 0 radical (unpaired) electrons. The third kappa shape index (κ3) is 7.42. The van der Waals surface area contributed by atoms with E-state index in [1.807, 2.05) is 91.0 Å². The van der Waals surface area contributed by atoms with Crippen molar-refractivity contribution in [2.45, 2.75) is 12.0 Å². The van der Waals surface area contributed by atoms with Crippen molar-refractivity contribution in [2.24, 2.45) is 0 Å². The fraction of sp³-hybridized carbons (Fsp3) is 0.0385. The second-order valence-corrected chi connectivity index (χ2v) is 13.6. The van der Waals surface area contributed by atoms with Crippen molar-refractivity contribution in [3.05, 3.63) is 251 Å². The highest BCUT2D eigenvalue weighted by Crippen LogP contribution is 2.46. The van der Waals surface area contributed by atoms with E-state index in [1.165, 1.54) is 11.1 Å². The zero-order valence-electron chi connectivity index (χ0n) is 30.7. The fourth-order valence-electron chi connectivity index (χ4n) is 7.29. The molecule has 0 saturated carbocycles. The van der Waals surface area contributed by atoms with Crippen LogP contribution in [0.4, 0.5) is 17.1 Å². The number of anilines is 3. The van der Waals surface area contributed by atoms with Gasteiger partial charge < -0.3 is 9.64 Å². The van der Waals surface area contributed by atoms with Gasteiger partial charge in [0, 0.05) is 34.6 Å². The summed E-state index contributed by atoms with van der Waals surface area (Å²) in [5, 5.41) is 9.94. The molecule has 8 rings (SSSR count). The molecule has 0 unspecified atom stereocenters. The standard InChI is InChI=1S/C52H37N3O/c1-54-51(38-53)44-36-50(56-52(37-44,45-18-10-4-11-19-45)46-20-12-5-13-21-46)35-24-39-22-29-47(30-23-39)55(48-31-25-42(26-32-48)40-14-6-2-7-15-40)49-33-27-43(28-34-49)41-16-8-3-9-17-41/h2-36H,37H2. The lowest BCUT2D eigenvalue weighted by atomic mass is 9.79. The zero-order valence-corrected chi connectivity index (χ0v) is 30.7. The molecule has 0 saturated heterocycles. The molecule has 0 bridgehead atoms. The Bertz CT molecular complexity index is 2460. The Labute approximate surface area is 328 Å². The first-order valence-corrected chi connectivity index (χ1v) is 18.6. The molecule has 4 heteroatoms. The number of benzene rings is 7. The molecular weight excluding hydrogens is 683 g/mol. The van der Waals surface area contributed by atoms with E-state index in [4.69, 9.17) is 11.3 Å². The summed E-state index contributed by atoms with van der Waals surface area (Å²) in [7, 11) is 0. The third-order valence-electron chi connectivity index (χ3n) is 10.1. The monoisotopic (exact) mass is 719 g/mol. The predicted octanol–water partition coefficient (Wildman–Crippen LogP) is 13.4. The van der Waals surface area contributed by atoms with Gasteiger partial charge in [-0.3, -0.25) is 0 Å². The molecule has 0 aromatic heterocycles. The number of ether oxygens (including phenoxy) is 1. The second-order valence-electron chi connectivity index (χ2n) is 13.6. The van der Waals surface area contributed by atoms with Crippen LogP contribution in [0.15, 0.2) is 223 Å². The molecule has 1 heterocycles. The Kier molecular flexibility index (Phi) is 10.2. The molecule has 4 nitrogen and oxygen atoms in total. The first-order chi connectivity index (χ1) is 27.6. The molecule has 0 amide bonds. The van der Waals surface area contributed by atoms with Gasteiger partial charge >= 0.3 is 0 Å². The van der Waals surface area contributed by atoms with Crippen molar-refractivity contribution in [1.82, 2.24) is 0 Å². The fourth-order valence-corrected chi connectivity index (χ4v) is 7.29. The lowest BCUT2D eigenvalue weighted by Gasteiger charge is -2.39. The number of rotatable bonds is 9. The van der Waals surface area contributed by atoms with Crippen molar-refractivity contribution < 1.29 is 4.74 Å². The number of hydrogen-bond donors (Lipinski definition) is 0. The van der Waals surface area contributed by atoms with Crippen LogP contribution in [0.25, 0.3) is 33.2 Å². The van der Waals surface area contributed by atoms with Gasteiger partial charge in [-0.1, -0.05) is 164 Å². The minimum atomic E-state index is -0.921. The average molecular weight is 720 g/mol. The minimum absolute atomic E-state index is 0.0634. The van der Waals surface area contributed by atoms with E-state index in [-0.39, 0.29) is 5.70 Å². The minimum Gasteiger partial charge on any atom is -0.478 e. The van der Waals surface area contributed by atoms with Crippen molar-refractivity contribution in [3.8, 4) is 28.3 Å². The van der Waals surface area contributed by atoms with E-state index in [2.05, 4.69) is 137 Å². The molecule has 7 aromatic carbocycles. The Morgan fingerprint density at radius 2 is 0.964 bits per heavy atom. The highest BCUT2D eigenvalue weighted by Gasteiger charge is 2.40. The van der Waals surface area contributed by atoms with Gasteiger partial charge in [0.25, 0.3) is 5.70 Å². The highest BCUT2D eigenvalue weighted by molar-refractivity contribution is 5.80. The topological polar surface area (TPSA) is 40.6 Å². The summed E-state index contributed by atoms with van der Waals surface area (Å²) in [5.74, 6) is 0.568. The van der Waals surface area contributed by atoms with Crippen LogP contribution >= 0.6 is 0 Å². The van der Waals surface area contributed by atoms with Crippen molar-refractivity contribution in [2.75, 3.05) is 4.90 Å². The Hall–Kier alpha value is -7.66. The first kappa shape index (κ1) is 35.4. The van der Waals surface area contributed by atoms with Crippen LogP contribution < -0.4 is 4.90 Å². The molecule has 0 N–H and O–H groups in total. The summed E-state index contributed by atoms with van der Waals surface area (Å²) >= 11 is 0. The summed E-state index contributed by atoms with van der Waals surface area (Å²) in [6.07, 6.45) is 6.12. The van der Waals surface area contributed by atoms with E-state index in [0.29, 0.717) is 17.8 Å². The van der Waals surface area contributed by atoms with Gasteiger partial charge in [0.2, 0.25) is 0 Å². The summed E-state index contributed by atoms with van der Waals surface area (Å²) in [6, 6.07) is 68.8. The largest absolute Gasteiger partial charge is 0.478 e. The average Bonchev–Trinajstić information content (AvgIpc) is 3.28.